The van der Waals surface area contributed by atoms with Crippen molar-refractivity contribution in [1.82, 2.24) is 4.90 Å². The summed E-state index contributed by atoms with van der Waals surface area (Å²) in [5.41, 5.74) is 1.73. The first-order valence-electron chi connectivity index (χ1n) is 5.21. The Hall–Kier alpha value is -1.20. The minimum atomic E-state index is -0.0688. The number of Topliss-reactive ketones (excluding diaryl/α,β-unsaturated/α-hetero) is 1. The smallest absolute Gasteiger partial charge is 0.207 e. The zero-order valence-corrected chi connectivity index (χ0v) is 12.8. The molecular formula is C13H10Br2N2O. The lowest BCUT2D eigenvalue weighted by Gasteiger charge is -2.11. The SMILES string of the molecule is CN1C=CC(=CN=C2C=C(Br)C(=O)C(Br)=C2)C=C1. The number of hydrogen-bond acceptors (Lipinski definition) is 3. The number of allylic oxidation sites excluding steroid dienone is 7. The number of ketones is 1. The Kier molecular flexibility index (Phi) is 4.14. The minimum absolute atomic E-state index is 0.0688. The second kappa shape index (κ2) is 5.63. The van der Waals surface area contributed by atoms with Crippen LogP contribution < -0.4 is 0 Å². The Labute approximate surface area is 122 Å². The van der Waals surface area contributed by atoms with Crippen LogP contribution in [0.25, 0.3) is 0 Å². The number of hydrogen-bond donors (Lipinski definition) is 0. The predicted molar refractivity (Wildman–Crippen MR) is 80.6 cm³/mol. The van der Waals surface area contributed by atoms with Gasteiger partial charge in [-0.3, -0.25) is 9.79 Å². The molecule has 0 bridgehead atoms. The number of carbonyl (C=O) groups is 1. The fourth-order valence-electron chi connectivity index (χ4n) is 1.37. The Morgan fingerprint density at radius 3 is 2.28 bits per heavy atom. The molecule has 0 radical (unpaired) electrons. The van der Waals surface area contributed by atoms with Gasteiger partial charge in [-0.05, 0) is 61.7 Å². The molecule has 0 fully saturated rings. The summed E-state index contributed by atoms with van der Waals surface area (Å²) in [6, 6.07) is 0. The van der Waals surface area contributed by atoms with Crippen molar-refractivity contribution in [3.8, 4) is 0 Å². The minimum Gasteiger partial charge on any atom is -0.357 e. The lowest BCUT2D eigenvalue weighted by atomic mass is 10.1. The van der Waals surface area contributed by atoms with Crippen LogP contribution in [-0.2, 0) is 4.79 Å². The molecule has 0 spiro atoms. The highest BCUT2D eigenvalue weighted by atomic mass is 79.9. The van der Waals surface area contributed by atoms with Gasteiger partial charge in [0.25, 0.3) is 0 Å². The first-order chi connectivity index (χ1) is 8.56. The van der Waals surface area contributed by atoms with Gasteiger partial charge in [-0.15, -0.1) is 0 Å². The number of rotatable bonds is 1. The van der Waals surface area contributed by atoms with E-state index in [0.29, 0.717) is 8.96 Å². The molecule has 3 nitrogen and oxygen atoms in total. The summed E-state index contributed by atoms with van der Waals surface area (Å²) in [6.07, 6.45) is 13.0. The van der Waals surface area contributed by atoms with Gasteiger partial charge in [0, 0.05) is 25.6 Å². The maximum absolute atomic E-state index is 11.5. The lowest BCUT2D eigenvalue weighted by Crippen LogP contribution is -2.07. The van der Waals surface area contributed by atoms with E-state index in [-0.39, 0.29) is 5.78 Å². The van der Waals surface area contributed by atoms with E-state index < -0.39 is 0 Å². The van der Waals surface area contributed by atoms with Gasteiger partial charge in [0.2, 0.25) is 5.78 Å². The summed E-state index contributed by atoms with van der Waals surface area (Å²) < 4.78 is 1.01. The van der Waals surface area contributed by atoms with E-state index in [1.807, 2.05) is 36.5 Å². The van der Waals surface area contributed by atoms with Crippen molar-refractivity contribution >= 4 is 43.4 Å². The molecule has 0 saturated carbocycles. The van der Waals surface area contributed by atoms with Gasteiger partial charge < -0.3 is 4.90 Å². The maximum atomic E-state index is 11.5. The fraction of sp³-hybridized carbons (Fsp3) is 0.0769. The second-order valence-corrected chi connectivity index (χ2v) is 5.50. The van der Waals surface area contributed by atoms with Crippen molar-refractivity contribution in [3.05, 3.63) is 57.4 Å². The van der Waals surface area contributed by atoms with Gasteiger partial charge in [-0.1, -0.05) is 0 Å². The molecule has 92 valence electrons. The molecular weight excluding hydrogens is 360 g/mol. The van der Waals surface area contributed by atoms with E-state index in [0.717, 1.165) is 11.3 Å². The van der Waals surface area contributed by atoms with Crippen molar-refractivity contribution < 1.29 is 4.79 Å². The molecule has 0 amide bonds. The van der Waals surface area contributed by atoms with Crippen LogP contribution in [0.3, 0.4) is 0 Å². The predicted octanol–water partition coefficient (Wildman–Crippen LogP) is 3.42. The van der Waals surface area contributed by atoms with Crippen molar-refractivity contribution in [2.75, 3.05) is 7.05 Å². The molecule has 18 heavy (non-hydrogen) atoms. The van der Waals surface area contributed by atoms with Gasteiger partial charge in [0.05, 0.1) is 14.7 Å². The van der Waals surface area contributed by atoms with Crippen LogP contribution in [0.15, 0.2) is 62.4 Å². The van der Waals surface area contributed by atoms with Gasteiger partial charge in [0.1, 0.15) is 0 Å². The first-order valence-corrected chi connectivity index (χ1v) is 6.80. The first kappa shape index (κ1) is 13.2. The Morgan fingerprint density at radius 2 is 1.72 bits per heavy atom. The zero-order chi connectivity index (χ0) is 13.1. The standard InChI is InChI=1S/C13H10Br2N2O/c1-17-4-2-9(3-5-17)8-16-10-6-11(14)13(18)12(15)7-10/h2-8H,1H3. The van der Waals surface area contributed by atoms with Crippen LogP contribution in [-0.4, -0.2) is 23.4 Å². The number of aliphatic imine (C=N–C) groups is 1. The topological polar surface area (TPSA) is 32.7 Å². The van der Waals surface area contributed by atoms with E-state index in [1.54, 1.807) is 18.4 Å². The van der Waals surface area contributed by atoms with Crippen molar-refractivity contribution in [1.29, 1.82) is 0 Å². The highest BCUT2D eigenvalue weighted by molar-refractivity contribution is 9.13. The Bertz CT molecular complexity index is 526. The van der Waals surface area contributed by atoms with Gasteiger partial charge >= 0.3 is 0 Å². The molecule has 0 aromatic carbocycles. The lowest BCUT2D eigenvalue weighted by molar-refractivity contribution is -0.110. The van der Waals surface area contributed by atoms with E-state index >= 15 is 0 Å². The van der Waals surface area contributed by atoms with Crippen LogP contribution in [0.5, 0.6) is 0 Å². The van der Waals surface area contributed by atoms with E-state index in [4.69, 9.17) is 0 Å². The van der Waals surface area contributed by atoms with E-state index in [9.17, 15) is 4.79 Å². The monoisotopic (exact) mass is 368 g/mol. The second-order valence-electron chi connectivity index (χ2n) is 3.79. The summed E-state index contributed by atoms with van der Waals surface area (Å²) >= 11 is 6.43. The average molecular weight is 370 g/mol. The summed E-state index contributed by atoms with van der Waals surface area (Å²) in [5, 5.41) is 0. The normalized spacial score (nSPS) is 18.8. The molecule has 1 aliphatic heterocycles. The van der Waals surface area contributed by atoms with Gasteiger partial charge in [-0.2, -0.15) is 0 Å². The van der Waals surface area contributed by atoms with Crippen molar-refractivity contribution in [3.63, 3.8) is 0 Å². The van der Waals surface area contributed by atoms with E-state index in [2.05, 4.69) is 36.9 Å². The van der Waals surface area contributed by atoms with E-state index in [1.165, 1.54) is 0 Å². The van der Waals surface area contributed by atoms with Crippen LogP contribution in [0.1, 0.15) is 0 Å². The zero-order valence-electron chi connectivity index (χ0n) is 9.60. The highest BCUT2D eigenvalue weighted by Gasteiger charge is 2.16. The number of halogens is 2. The summed E-state index contributed by atoms with van der Waals surface area (Å²) in [4.78, 5) is 17.8. The summed E-state index contributed by atoms with van der Waals surface area (Å²) in [6.45, 7) is 0. The third-order valence-corrected chi connectivity index (χ3v) is 3.53. The van der Waals surface area contributed by atoms with Crippen molar-refractivity contribution in [2.45, 2.75) is 0 Å². The van der Waals surface area contributed by atoms with Crippen LogP contribution >= 0.6 is 31.9 Å². The highest BCUT2D eigenvalue weighted by Crippen LogP contribution is 2.22. The van der Waals surface area contributed by atoms with Crippen molar-refractivity contribution in [2.24, 2.45) is 4.99 Å². The Morgan fingerprint density at radius 1 is 1.17 bits per heavy atom. The molecule has 1 heterocycles. The summed E-state index contributed by atoms with van der Waals surface area (Å²) in [7, 11) is 1.96. The third-order valence-electron chi connectivity index (χ3n) is 2.35. The fourth-order valence-corrected chi connectivity index (χ4v) is 2.53. The molecule has 2 aliphatic rings. The molecule has 0 aromatic heterocycles. The molecule has 5 heteroatoms. The molecule has 0 N–H and O–H groups in total. The summed E-state index contributed by atoms with van der Waals surface area (Å²) in [5.74, 6) is -0.0688. The molecule has 0 aromatic rings. The molecule has 0 atom stereocenters. The Balaban J connectivity index is 2.21. The quantitative estimate of drug-likeness (QED) is 0.663. The third kappa shape index (κ3) is 3.17. The van der Waals surface area contributed by atoms with Crippen LogP contribution in [0.4, 0.5) is 0 Å². The molecule has 0 saturated heterocycles. The molecule has 1 aliphatic carbocycles. The maximum Gasteiger partial charge on any atom is 0.207 e. The van der Waals surface area contributed by atoms with Gasteiger partial charge in [-0.25, -0.2) is 0 Å². The molecule has 0 unspecified atom stereocenters. The van der Waals surface area contributed by atoms with Crippen LogP contribution in [0.2, 0.25) is 0 Å². The van der Waals surface area contributed by atoms with Crippen LogP contribution in [0, 0.1) is 0 Å². The van der Waals surface area contributed by atoms with Gasteiger partial charge in [0.15, 0.2) is 0 Å². The largest absolute Gasteiger partial charge is 0.357 e. The number of carbonyl (C=O) groups excluding carboxylic acids is 1. The average Bonchev–Trinajstić information content (AvgIpc) is 2.35. The molecule has 2 rings (SSSR count). The number of nitrogens with zero attached hydrogens (tertiary/aromatic N) is 2.